The van der Waals surface area contributed by atoms with Crippen molar-refractivity contribution in [2.45, 2.75) is 17.7 Å². The fourth-order valence-corrected chi connectivity index (χ4v) is 5.25. The molecule has 0 spiro atoms. The Morgan fingerprint density at radius 2 is 1.54 bits per heavy atom. The van der Waals surface area contributed by atoms with Crippen LogP contribution in [0.5, 0.6) is 0 Å². The maximum atomic E-state index is 13.1. The van der Waals surface area contributed by atoms with Crippen LogP contribution in [0.3, 0.4) is 0 Å². The molecular formula is C26H28N4O4S. The first-order valence-corrected chi connectivity index (χ1v) is 12.8. The minimum absolute atomic E-state index is 0.0779. The number of amides is 3. The molecule has 1 aliphatic heterocycles. The van der Waals surface area contributed by atoms with Crippen molar-refractivity contribution < 1.29 is 18.0 Å². The van der Waals surface area contributed by atoms with Crippen LogP contribution in [-0.2, 0) is 14.8 Å². The summed E-state index contributed by atoms with van der Waals surface area (Å²) in [7, 11) is -2.31. The van der Waals surface area contributed by atoms with Crippen LogP contribution < -0.4 is 14.9 Å². The highest BCUT2D eigenvalue weighted by Gasteiger charge is 2.29. The number of carbonyl (C=O) groups is 2. The summed E-state index contributed by atoms with van der Waals surface area (Å²) in [6.07, 6.45) is 1.35. The number of benzene rings is 3. The Hall–Kier alpha value is -3.85. The Bertz CT molecular complexity index is 1280. The van der Waals surface area contributed by atoms with Gasteiger partial charge in [-0.3, -0.25) is 9.10 Å². The molecule has 8 nitrogen and oxygen atoms in total. The zero-order valence-electron chi connectivity index (χ0n) is 19.4. The number of likely N-dealkylation sites (tertiary alicyclic amines) is 1. The molecule has 4 rings (SSSR count). The maximum Gasteiger partial charge on any atom is 0.321 e. The molecule has 0 saturated carbocycles. The first kappa shape index (κ1) is 24.3. The van der Waals surface area contributed by atoms with Gasteiger partial charge in [0.1, 0.15) is 0 Å². The van der Waals surface area contributed by atoms with Crippen LogP contribution in [0, 0.1) is 5.92 Å². The predicted octanol–water partition coefficient (Wildman–Crippen LogP) is 4.39. The van der Waals surface area contributed by atoms with Crippen LogP contribution in [0.2, 0.25) is 0 Å². The number of nitrogens with zero attached hydrogens (tertiary/aromatic N) is 2. The van der Waals surface area contributed by atoms with Crippen molar-refractivity contribution in [1.82, 2.24) is 4.90 Å². The van der Waals surface area contributed by atoms with Gasteiger partial charge in [-0.05, 0) is 55.3 Å². The molecule has 3 aromatic rings. The summed E-state index contributed by atoms with van der Waals surface area (Å²) in [6, 6.07) is 23.9. The topological polar surface area (TPSA) is 98.8 Å². The van der Waals surface area contributed by atoms with E-state index >= 15 is 0 Å². The van der Waals surface area contributed by atoms with Crippen LogP contribution in [0.15, 0.2) is 89.8 Å². The quantitative estimate of drug-likeness (QED) is 0.533. The Labute approximate surface area is 205 Å². The summed E-state index contributed by atoms with van der Waals surface area (Å²) in [5.41, 5.74) is 1.63. The van der Waals surface area contributed by atoms with Crippen LogP contribution in [-0.4, -0.2) is 45.4 Å². The van der Waals surface area contributed by atoms with Crippen molar-refractivity contribution in [1.29, 1.82) is 0 Å². The van der Waals surface area contributed by atoms with Crippen LogP contribution in [0.1, 0.15) is 12.8 Å². The zero-order chi connectivity index (χ0) is 24.8. The molecule has 0 aliphatic carbocycles. The van der Waals surface area contributed by atoms with E-state index in [2.05, 4.69) is 10.6 Å². The number of rotatable bonds is 6. The molecule has 1 saturated heterocycles. The molecule has 0 aromatic heterocycles. The van der Waals surface area contributed by atoms with Crippen molar-refractivity contribution in [2.75, 3.05) is 35.1 Å². The van der Waals surface area contributed by atoms with Gasteiger partial charge < -0.3 is 15.5 Å². The van der Waals surface area contributed by atoms with Crippen molar-refractivity contribution in [3.63, 3.8) is 0 Å². The highest BCUT2D eigenvalue weighted by Crippen LogP contribution is 2.25. The van der Waals surface area contributed by atoms with Gasteiger partial charge in [0.15, 0.2) is 0 Å². The molecule has 2 N–H and O–H groups in total. The number of para-hydroxylation sites is 2. The van der Waals surface area contributed by atoms with Gasteiger partial charge in [-0.25, -0.2) is 13.2 Å². The number of nitrogens with one attached hydrogen (secondary N) is 2. The molecule has 3 aromatic carbocycles. The van der Waals surface area contributed by atoms with E-state index in [1.165, 1.54) is 23.5 Å². The number of hydrogen-bond donors (Lipinski definition) is 2. The minimum atomic E-state index is -3.80. The number of anilines is 3. The number of sulfonamides is 1. The predicted molar refractivity (Wildman–Crippen MR) is 137 cm³/mol. The van der Waals surface area contributed by atoms with Crippen molar-refractivity contribution in [2.24, 2.45) is 5.92 Å². The van der Waals surface area contributed by atoms with Gasteiger partial charge in [0.2, 0.25) is 5.91 Å². The Morgan fingerprint density at radius 1 is 0.886 bits per heavy atom. The Morgan fingerprint density at radius 3 is 2.26 bits per heavy atom. The Kier molecular flexibility index (Phi) is 7.36. The molecule has 1 aliphatic rings. The average Bonchev–Trinajstić information content (AvgIpc) is 2.89. The van der Waals surface area contributed by atoms with E-state index in [0.29, 0.717) is 43.0 Å². The van der Waals surface area contributed by atoms with Gasteiger partial charge in [-0.2, -0.15) is 0 Å². The second-order valence-corrected chi connectivity index (χ2v) is 10.4. The van der Waals surface area contributed by atoms with Crippen LogP contribution in [0.4, 0.5) is 21.9 Å². The highest BCUT2D eigenvalue weighted by molar-refractivity contribution is 7.92. The van der Waals surface area contributed by atoms with E-state index in [1.54, 1.807) is 41.3 Å². The third kappa shape index (κ3) is 5.81. The zero-order valence-corrected chi connectivity index (χ0v) is 20.2. The van der Waals surface area contributed by atoms with Crippen molar-refractivity contribution >= 4 is 39.0 Å². The molecule has 0 bridgehead atoms. The lowest BCUT2D eigenvalue weighted by molar-refractivity contribution is -0.121. The summed E-state index contributed by atoms with van der Waals surface area (Å²) in [5, 5.41) is 5.68. The number of carbonyl (C=O) groups excluding carboxylic acids is 2. The normalized spacial score (nSPS) is 15.8. The lowest BCUT2D eigenvalue weighted by Gasteiger charge is -2.32. The van der Waals surface area contributed by atoms with E-state index < -0.39 is 15.9 Å². The molecular weight excluding hydrogens is 464 g/mol. The second-order valence-electron chi connectivity index (χ2n) is 8.41. The van der Waals surface area contributed by atoms with Gasteiger partial charge in [0.25, 0.3) is 10.0 Å². The molecule has 9 heteroatoms. The van der Waals surface area contributed by atoms with Gasteiger partial charge in [0, 0.05) is 31.5 Å². The minimum Gasteiger partial charge on any atom is -0.326 e. The fraction of sp³-hybridized carbons (Fsp3) is 0.231. The molecule has 3 amide bonds. The molecule has 182 valence electrons. The summed E-state index contributed by atoms with van der Waals surface area (Å²) in [6.45, 7) is 0.862. The summed E-state index contributed by atoms with van der Waals surface area (Å²) in [5.74, 6) is -0.634. The maximum absolute atomic E-state index is 13.1. The fourth-order valence-electron chi connectivity index (χ4n) is 4.01. The first-order chi connectivity index (χ1) is 16.8. The van der Waals surface area contributed by atoms with Gasteiger partial charge in [-0.1, -0.05) is 42.5 Å². The summed E-state index contributed by atoms with van der Waals surface area (Å²) >= 11 is 0. The lowest BCUT2D eigenvalue weighted by atomic mass is 9.97. The smallest absolute Gasteiger partial charge is 0.321 e. The lowest BCUT2D eigenvalue weighted by Crippen LogP contribution is -2.45. The van der Waals surface area contributed by atoms with Crippen LogP contribution >= 0.6 is 0 Å². The van der Waals surface area contributed by atoms with Crippen molar-refractivity contribution in [3.05, 3.63) is 84.9 Å². The molecule has 1 fully saturated rings. The third-order valence-corrected chi connectivity index (χ3v) is 7.77. The van der Waals surface area contributed by atoms with Crippen molar-refractivity contribution in [3.8, 4) is 0 Å². The first-order valence-electron chi connectivity index (χ1n) is 11.4. The molecule has 0 radical (unpaired) electrons. The number of piperidine rings is 1. The van der Waals surface area contributed by atoms with E-state index in [4.69, 9.17) is 0 Å². The van der Waals surface area contributed by atoms with Gasteiger partial charge in [0.05, 0.1) is 16.5 Å². The standard InChI is InChI=1S/C26H28N4O4S/c1-29(23-14-6-3-7-15-23)35(33,34)24-16-8-13-22(18-24)27-25(31)20-10-9-17-30(19-20)26(32)28-21-11-4-2-5-12-21/h2-8,11-16,18,20H,9-10,17,19H2,1H3,(H,27,31)(H,28,32)/t20-/m1/s1. The van der Waals surface area contributed by atoms with E-state index in [9.17, 15) is 18.0 Å². The summed E-state index contributed by atoms with van der Waals surface area (Å²) in [4.78, 5) is 27.3. The molecule has 35 heavy (non-hydrogen) atoms. The average molecular weight is 493 g/mol. The monoisotopic (exact) mass is 492 g/mol. The molecule has 0 unspecified atom stereocenters. The number of urea groups is 1. The van der Waals surface area contributed by atoms with E-state index in [1.807, 2.05) is 36.4 Å². The largest absolute Gasteiger partial charge is 0.326 e. The summed E-state index contributed by atoms with van der Waals surface area (Å²) < 4.78 is 27.4. The van der Waals surface area contributed by atoms with Gasteiger partial charge in [-0.15, -0.1) is 0 Å². The van der Waals surface area contributed by atoms with Crippen LogP contribution in [0.25, 0.3) is 0 Å². The SMILES string of the molecule is CN(c1ccccc1)S(=O)(=O)c1cccc(NC(=O)[C@@H]2CCCN(C(=O)Nc3ccccc3)C2)c1. The highest BCUT2D eigenvalue weighted by atomic mass is 32.2. The number of hydrogen-bond acceptors (Lipinski definition) is 4. The molecule has 1 atom stereocenters. The van der Waals surface area contributed by atoms with E-state index in [-0.39, 0.29) is 16.8 Å². The van der Waals surface area contributed by atoms with Gasteiger partial charge >= 0.3 is 6.03 Å². The third-order valence-electron chi connectivity index (χ3n) is 5.98. The van der Waals surface area contributed by atoms with E-state index in [0.717, 1.165) is 0 Å². The second kappa shape index (κ2) is 10.6. The Balaban J connectivity index is 1.42. The molecule has 1 heterocycles.